The summed E-state index contributed by atoms with van der Waals surface area (Å²) in [5.74, 6) is -1.67. The highest BCUT2D eigenvalue weighted by Gasteiger charge is 2.54. The summed E-state index contributed by atoms with van der Waals surface area (Å²) in [5, 5.41) is -0.339. The third kappa shape index (κ3) is 4.34. The lowest BCUT2D eigenvalue weighted by molar-refractivity contribution is -0.163. The number of esters is 3. The summed E-state index contributed by atoms with van der Waals surface area (Å²) in [4.78, 5) is 49.5. The number of β-lactam (4-membered cyclic amide) rings is 1. The van der Waals surface area contributed by atoms with Gasteiger partial charge in [0.2, 0.25) is 0 Å². The number of thioether (sulfide) groups is 1. The van der Waals surface area contributed by atoms with Gasteiger partial charge >= 0.3 is 17.9 Å². The normalized spacial score (nSPS) is 20.2. The number of rotatable bonds is 7. The maximum absolute atomic E-state index is 12.9. The number of methoxy groups -OCH3 is 2. The summed E-state index contributed by atoms with van der Waals surface area (Å²) < 4.78 is 20.3. The van der Waals surface area contributed by atoms with Crippen LogP contribution in [-0.4, -0.2) is 66.8 Å². The Bertz CT molecular complexity index is 912. The Hall–Kier alpha value is -2.85. The van der Waals surface area contributed by atoms with Gasteiger partial charge in [-0.05, 0) is 17.7 Å². The SMILES string of the molecule is COC(=O)c1cccc(COC(=O)C2=C(COC(C)=O)CSC3[C@@H](OC)C(=O)N23)c1. The van der Waals surface area contributed by atoms with Gasteiger partial charge in [-0.15, -0.1) is 11.8 Å². The molecular weight excluding hydrogens is 414 g/mol. The molecule has 10 heteroatoms. The molecule has 2 aliphatic rings. The van der Waals surface area contributed by atoms with Gasteiger partial charge in [0.15, 0.2) is 6.10 Å². The number of hydrogen-bond donors (Lipinski definition) is 0. The molecular formula is C20H21NO8S. The van der Waals surface area contributed by atoms with Crippen molar-refractivity contribution in [1.29, 1.82) is 0 Å². The lowest BCUT2D eigenvalue weighted by Gasteiger charge is -2.48. The molecule has 1 fully saturated rings. The van der Waals surface area contributed by atoms with E-state index in [2.05, 4.69) is 4.74 Å². The highest BCUT2D eigenvalue weighted by atomic mass is 32.2. The van der Waals surface area contributed by atoms with E-state index < -0.39 is 24.0 Å². The molecule has 1 aromatic rings. The molecule has 0 spiro atoms. The number of amides is 1. The number of fused-ring (bicyclic) bond motifs is 1. The van der Waals surface area contributed by atoms with Crippen LogP contribution in [0, 0.1) is 0 Å². The Morgan fingerprint density at radius 1 is 1.13 bits per heavy atom. The molecule has 0 bridgehead atoms. The van der Waals surface area contributed by atoms with Crippen LogP contribution in [0.15, 0.2) is 35.5 Å². The van der Waals surface area contributed by atoms with Crippen LogP contribution in [0.4, 0.5) is 0 Å². The highest BCUT2D eigenvalue weighted by molar-refractivity contribution is 8.00. The molecule has 9 nitrogen and oxygen atoms in total. The molecule has 0 aromatic heterocycles. The van der Waals surface area contributed by atoms with Gasteiger partial charge < -0.3 is 18.9 Å². The minimum absolute atomic E-state index is 0.0717. The van der Waals surface area contributed by atoms with Crippen molar-refractivity contribution < 1.29 is 38.1 Å². The quantitative estimate of drug-likeness (QED) is 0.355. The maximum Gasteiger partial charge on any atom is 0.355 e. The first-order valence-corrected chi connectivity index (χ1v) is 10.1. The maximum atomic E-state index is 12.9. The topological polar surface area (TPSA) is 108 Å². The molecule has 1 aromatic carbocycles. The van der Waals surface area contributed by atoms with Crippen LogP contribution < -0.4 is 0 Å². The van der Waals surface area contributed by atoms with E-state index in [1.165, 1.54) is 37.8 Å². The summed E-state index contributed by atoms with van der Waals surface area (Å²) >= 11 is 1.42. The Balaban J connectivity index is 1.78. The zero-order chi connectivity index (χ0) is 21.8. The van der Waals surface area contributed by atoms with E-state index in [0.717, 1.165) is 0 Å². The molecule has 2 aliphatic heterocycles. The first kappa shape index (κ1) is 21.8. The fourth-order valence-corrected chi connectivity index (χ4v) is 4.50. The van der Waals surface area contributed by atoms with Crippen LogP contribution in [0.5, 0.6) is 0 Å². The minimum atomic E-state index is -0.714. The van der Waals surface area contributed by atoms with Gasteiger partial charge in [-0.1, -0.05) is 12.1 Å². The summed E-state index contributed by atoms with van der Waals surface area (Å²) in [7, 11) is 2.71. The van der Waals surface area contributed by atoms with E-state index in [1.54, 1.807) is 24.3 Å². The number of nitrogens with zero attached hydrogens (tertiary/aromatic N) is 1. The molecule has 0 aliphatic carbocycles. The van der Waals surface area contributed by atoms with Crippen molar-refractivity contribution >= 4 is 35.6 Å². The third-order valence-corrected chi connectivity index (χ3v) is 5.93. The summed E-state index contributed by atoms with van der Waals surface area (Å²) in [5.41, 5.74) is 1.47. The Morgan fingerprint density at radius 2 is 1.90 bits per heavy atom. The first-order valence-electron chi connectivity index (χ1n) is 9.04. The Morgan fingerprint density at radius 3 is 2.57 bits per heavy atom. The van der Waals surface area contributed by atoms with E-state index in [-0.39, 0.29) is 30.2 Å². The van der Waals surface area contributed by atoms with Crippen LogP contribution in [0.2, 0.25) is 0 Å². The molecule has 3 rings (SSSR count). The molecule has 2 atom stereocenters. The smallest absolute Gasteiger partial charge is 0.355 e. The Labute approximate surface area is 177 Å². The molecule has 1 unspecified atom stereocenters. The molecule has 0 saturated carbocycles. The summed E-state index contributed by atoms with van der Waals surface area (Å²) in [6.45, 7) is 1.04. The van der Waals surface area contributed by atoms with Gasteiger partial charge in [-0.2, -0.15) is 0 Å². The molecule has 2 heterocycles. The zero-order valence-electron chi connectivity index (χ0n) is 16.7. The van der Waals surface area contributed by atoms with E-state index in [9.17, 15) is 19.2 Å². The van der Waals surface area contributed by atoms with Gasteiger partial charge in [-0.25, -0.2) is 9.59 Å². The van der Waals surface area contributed by atoms with E-state index in [4.69, 9.17) is 14.2 Å². The highest BCUT2D eigenvalue weighted by Crippen LogP contribution is 2.41. The average molecular weight is 435 g/mol. The van der Waals surface area contributed by atoms with E-state index in [0.29, 0.717) is 22.5 Å². The molecule has 0 radical (unpaired) electrons. The predicted octanol–water partition coefficient (Wildman–Crippen LogP) is 1.26. The lowest BCUT2D eigenvalue weighted by Crippen LogP contribution is -2.65. The second-order valence-electron chi connectivity index (χ2n) is 6.57. The van der Waals surface area contributed by atoms with Crippen molar-refractivity contribution in [3.05, 3.63) is 46.7 Å². The predicted molar refractivity (Wildman–Crippen MR) is 105 cm³/mol. The monoisotopic (exact) mass is 435 g/mol. The number of benzene rings is 1. The molecule has 1 saturated heterocycles. The van der Waals surface area contributed by atoms with E-state index in [1.807, 2.05) is 0 Å². The van der Waals surface area contributed by atoms with Crippen molar-refractivity contribution in [3.63, 3.8) is 0 Å². The zero-order valence-corrected chi connectivity index (χ0v) is 17.5. The third-order valence-electron chi connectivity index (χ3n) is 4.61. The summed E-state index contributed by atoms with van der Waals surface area (Å²) in [6.07, 6.45) is -0.634. The number of carbonyl (C=O) groups is 4. The van der Waals surface area contributed by atoms with Gasteiger partial charge in [0.1, 0.15) is 24.3 Å². The van der Waals surface area contributed by atoms with E-state index >= 15 is 0 Å². The lowest BCUT2D eigenvalue weighted by atomic mass is 10.1. The fraction of sp³-hybridized carbons (Fsp3) is 0.400. The van der Waals surface area contributed by atoms with Crippen LogP contribution in [0.3, 0.4) is 0 Å². The number of ether oxygens (including phenoxy) is 4. The van der Waals surface area contributed by atoms with Crippen molar-refractivity contribution in [2.75, 3.05) is 26.6 Å². The number of hydrogen-bond acceptors (Lipinski definition) is 9. The van der Waals surface area contributed by atoms with Crippen molar-refractivity contribution in [3.8, 4) is 0 Å². The Kier molecular flexibility index (Phi) is 6.78. The standard InChI is InChI=1S/C20H21NO8S/c1-11(22)28-9-14-10-30-18-16(26-2)17(23)21(18)15(14)20(25)29-8-12-5-4-6-13(7-12)19(24)27-3/h4-7,16,18H,8-10H2,1-3H3/t16-,18?/m0/s1. The van der Waals surface area contributed by atoms with Gasteiger partial charge in [0.25, 0.3) is 5.91 Å². The molecule has 0 N–H and O–H groups in total. The second-order valence-corrected chi connectivity index (χ2v) is 7.67. The number of carbonyl (C=O) groups excluding carboxylic acids is 4. The largest absolute Gasteiger partial charge is 0.465 e. The summed E-state index contributed by atoms with van der Waals surface area (Å²) in [6, 6.07) is 6.49. The van der Waals surface area contributed by atoms with Crippen LogP contribution in [-0.2, 0) is 39.9 Å². The minimum Gasteiger partial charge on any atom is -0.465 e. The van der Waals surface area contributed by atoms with Crippen LogP contribution >= 0.6 is 11.8 Å². The van der Waals surface area contributed by atoms with Crippen molar-refractivity contribution in [2.24, 2.45) is 0 Å². The van der Waals surface area contributed by atoms with Crippen LogP contribution in [0.25, 0.3) is 0 Å². The van der Waals surface area contributed by atoms with Crippen LogP contribution in [0.1, 0.15) is 22.8 Å². The average Bonchev–Trinajstić information content (AvgIpc) is 2.75. The molecule has 160 valence electrons. The fourth-order valence-electron chi connectivity index (χ4n) is 3.14. The van der Waals surface area contributed by atoms with Crippen molar-refractivity contribution in [1.82, 2.24) is 4.90 Å². The van der Waals surface area contributed by atoms with Gasteiger partial charge in [0, 0.05) is 25.4 Å². The first-order chi connectivity index (χ1) is 14.4. The second kappa shape index (κ2) is 9.31. The van der Waals surface area contributed by atoms with Crippen molar-refractivity contribution in [2.45, 2.75) is 25.0 Å². The van der Waals surface area contributed by atoms with Gasteiger partial charge in [0.05, 0.1) is 12.7 Å². The van der Waals surface area contributed by atoms with Gasteiger partial charge in [-0.3, -0.25) is 14.5 Å². The molecule has 30 heavy (non-hydrogen) atoms. The molecule has 1 amide bonds.